The van der Waals surface area contributed by atoms with Gasteiger partial charge < -0.3 is 4.98 Å². The summed E-state index contributed by atoms with van der Waals surface area (Å²) < 4.78 is 0. The van der Waals surface area contributed by atoms with E-state index < -0.39 is 0 Å². The predicted octanol–water partition coefficient (Wildman–Crippen LogP) is 4.35. The fourth-order valence-electron chi connectivity index (χ4n) is 3.34. The van der Waals surface area contributed by atoms with E-state index in [2.05, 4.69) is 48.0 Å². The van der Waals surface area contributed by atoms with E-state index in [1.165, 1.54) is 48.8 Å². The van der Waals surface area contributed by atoms with Crippen molar-refractivity contribution in [1.82, 2.24) is 9.88 Å². The first-order valence-electron chi connectivity index (χ1n) is 7.55. The Morgan fingerprint density at radius 3 is 3.00 bits per heavy atom. The van der Waals surface area contributed by atoms with E-state index in [9.17, 15) is 0 Å². The number of likely N-dealkylation sites (tertiary alicyclic amines) is 1. The smallest absolute Gasteiger partial charge is 0.0454 e. The zero-order valence-corrected chi connectivity index (χ0v) is 12.0. The van der Waals surface area contributed by atoms with Gasteiger partial charge in [0.1, 0.15) is 0 Å². The number of fused-ring (bicyclic) bond motifs is 1. The van der Waals surface area contributed by atoms with Crippen LogP contribution in [0.2, 0.25) is 0 Å². The number of hydrogen-bond acceptors (Lipinski definition) is 1. The molecule has 0 amide bonds. The largest absolute Gasteiger partial charge is 0.361 e. The summed E-state index contributed by atoms with van der Waals surface area (Å²) in [5.74, 6) is 0.747. The first-order valence-corrected chi connectivity index (χ1v) is 7.55. The van der Waals surface area contributed by atoms with Gasteiger partial charge in [-0.15, -0.1) is 0 Å². The van der Waals surface area contributed by atoms with Crippen molar-refractivity contribution < 1.29 is 0 Å². The molecule has 0 saturated carbocycles. The highest BCUT2D eigenvalue weighted by atomic mass is 15.2. The fraction of sp³-hybridized carbons (Fsp3) is 0.529. The number of H-pyrrole nitrogens is 1. The summed E-state index contributed by atoms with van der Waals surface area (Å²) in [6, 6.07) is 9.70. The Morgan fingerprint density at radius 2 is 2.16 bits per heavy atom. The van der Waals surface area contributed by atoms with Crippen LogP contribution >= 0.6 is 0 Å². The quantitative estimate of drug-likeness (QED) is 0.865. The van der Waals surface area contributed by atoms with Crippen molar-refractivity contribution in [1.29, 1.82) is 0 Å². The van der Waals surface area contributed by atoms with Crippen molar-refractivity contribution in [3.8, 4) is 0 Å². The highest BCUT2D eigenvalue weighted by molar-refractivity contribution is 5.80. The Kier molecular flexibility index (Phi) is 3.61. The molecular weight excluding hydrogens is 232 g/mol. The van der Waals surface area contributed by atoms with Crippen molar-refractivity contribution >= 4 is 10.9 Å². The molecule has 1 fully saturated rings. The molecule has 0 bridgehead atoms. The molecule has 1 aromatic carbocycles. The van der Waals surface area contributed by atoms with Crippen LogP contribution in [0.5, 0.6) is 0 Å². The number of nitrogens with zero attached hydrogens (tertiary/aromatic N) is 1. The molecule has 2 nitrogen and oxygen atoms in total. The van der Waals surface area contributed by atoms with Gasteiger partial charge >= 0.3 is 0 Å². The molecule has 1 saturated heterocycles. The minimum absolute atomic E-state index is 0.621. The summed E-state index contributed by atoms with van der Waals surface area (Å²) >= 11 is 0. The summed E-state index contributed by atoms with van der Waals surface area (Å²) in [5, 5.41) is 1.34. The number of rotatable bonds is 3. The van der Waals surface area contributed by atoms with E-state index in [0.717, 1.165) is 5.92 Å². The molecule has 2 heteroatoms. The minimum atomic E-state index is 0.621. The molecule has 2 aromatic rings. The monoisotopic (exact) mass is 256 g/mol. The minimum Gasteiger partial charge on any atom is -0.361 e. The topological polar surface area (TPSA) is 19.0 Å². The summed E-state index contributed by atoms with van der Waals surface area (Å²) in [5.41, 5.74) is 2.74. The average molecular weight is 256 g/mol. The van der Waals surface area contributed by atoms with Crippen LogP contribution in [0.4, 0.5) is 0 Å². The molecular formula is C17H24N2. The van der Waals surface area contributed by atoms with E-state index in [1.54, 1.807) is 0 Å². The fourth-order valence-corrected chi connectivity index (χ4v) is 3.34. The second kappa shape index (κ2) is 5.38. The Morgan fingerprint density at radius 1 is 1.26 bits per heavy atom. The lowest BCUT2D eigenvalue weighted by Crippen LogP contribution is -2.36. The van der Waals surface area contributed by atoms with Crippen LogP contribution in [0, 0.1) is 5.92 Å². The maximum absolute atomic E-state index is 3.28. The molecule has 19 heavy (non-hydrogen) atoms. The van der Waals surface area contributed by atoms with Crippen molar-refractivity contribution in [2.75, 3.05) is 13.1 Å². The molecule has 1 aliphatic heterocycles. The first kappa shape index (κ1) is 12.7. The van der Waals surface area contributed by atoms with Crippen LogP contribution in [0.15, 0.2) is 30.5 Å². The summed E-state index contributed by atoms with van der Waals surface area (Å²) in [6.45, 7) is 7.12. The molecule has 1 aromatic heterocycles. The van der Waals surface area contributed by atoms with Gasteiger partial charge in [0.05, 0.1) is 0 Å². The maximum atomic E-state index is 3.28. The predicted molar refractivity (Wildman–Crippen MR) is 81.3 cm³/mol. The van der Waals surface area contributed by atoms with Crippen LogP contribution in [0.3, 0.4) is 0 Å². The Balaban J connectivity index is 1.88. The number of hydrogen-bond donors (Lipinski definition) is 1. The van der Waals surface area contributed by atoms with Gasteiger partial charge in [-0.2, -0.15) is 0 Å². The van der Waals surface area contributed by atoms with E-state index in [4.69, 9.17) is 0 Å². The zero-order chi connectivity index (χ0) is 13.2. The number of piperidine rings is 1. The van der Waals surface area contributed by atoms with Crippen LogP contribution in [-0.2, 0) is 0 Å². The number of aromatic amines is 1. The molecule has 1 atom stereocenters. The molecule has 3 rings (SSSR count). The van der Waals surface area contributed by atoms with Gasteiger partial charge in [0.15, 0.2) is 0 Å². The van der Waals surface area contributed by atoms with Gasteiger partial charge in [0, 0.05) is 24.3 Å². The zero-order valence-electron chi connectivity index (χ0n) is 12.0. The molecule has 0 aliphatic carbocycles. The van der Waals surface area contributed by atoms with Crippen molar-refractivity contribution in [3.63, 3.8) is 0 Å². The normalized spacial score (nSPS) is 21.3. The third-order valence-corrected chi connectivity index (χ3v) is 4.18. The molecule has 2 heterocycles. The van der Waals surface area contributed by atoms with Crippen molar-refractivity contribution in [2.45, 2.75) is 39.2 Å². The van der Waals surface area contributed by atoms with E-state index in [0.29, 0.717) is 6.04 Å². The number of nitrogens with one attached hydrogen (secondary N) is 1. The molecule has 0 unspecified atom stereocenters. The summed E-state index contributed by atoms with van der Waals surface area (Å²) in [7, 11) is 0. The van der Waals surface area contributed by atoms with Crippen molar-refractivity contribution in [3.05, 3.63) is 36.0 Å². The highest BCUT2D eigenvalue weighted by Crippen LogP contribution is 2.32. The van der Waals surface area contributed by atoms with Crippen LogP contribution in [0.25, 0.3) is 10.9 Å². The van der Waals surface area contributed by atoms with E-state index in [1.807, 2.05) is 6.20 Å². The van der Waals surface area contributed by atoms with Gasteiger partial charge in [0.25, 0.3) is 0 Å². The summed E-state index contributed by atoms with van der Waals surface area (Å²) in [6.07, 6.45) is 6.06. The van der Waals surface area contributed by atoms with Gasteiger partial charge in [-0.3, -0.25) is 4.90 Å². The van der Waals surface area contributed by atoms with Gasteiger partial charge in [0.2, 0.25) is 0 Å². The third kappa shape index (κ3) is 2.69. The average Bonchev–Trinajstić information content (AvgIpc) is 2.86. The van der Waals surface area contributed by atoms with E-state index in [-0.39, 0.29) is 0 Å². The molecule has 0 spiro atoms. The lowest BCUT2D eigenvalue weighted by molar-refractivity contribution is 0.132. The van der Waals surface area contributed by atoms with Crippen molar-refractivity contribution in [2.24, 2.45) is 5.92 Å². The second-order valence-electron chi connectivity index (χ2n) is 6.22. The molecule has 102 valence electrons. The Bertz CT molecular complexity index is 541. The standard InChI is InChI=1S/C17H24N2/c1-13(2)12-19-10-4-3-5-17(19)15-6-7-16-14(11-15)8-9-18-16/h6-9,11,13,17-18H,3-5,10,12H2,1-2H3/t17-/m1/s1. The molecule has 1 aliphatic rings. The van der Waals surface area contributed by atoms with E-state index >= 15 is 0 Å². The number of aromatic nitrogens is 1. The van der Waals surface area contributed by atoms with Crippen LogP contribution in [0.1, 0.15) is 44.7 Å². The second-order valence-corrected chi connectivity index (χ2v) is 6.22. The number of benzene rings is 1. The van der Waals surface area contributed by atoms with Gasteiger partial charge in [-0.25, -0.2) is 0 Å². The SMILES string of the molecule is CC(C)CN1CCCC[C@@H]1c1ccc2[nH]ccc2c1. The van der Waals surface area contributed by atoms with Crippen LogP contribution in [-0.4, -0.2) is 23.0 Å². The first-order chi connectivity index (χ1) is 9.24. The third-order valence-electron chi connectivity index (χ3n) is 4.18. The lowest BCUT2D eigenvalue weighted by Gasteiger charge is -2.37. The lowest BCUT2D eigenvalue weighted by atomic mass is 9.93. The Labute approximate surface area is 115 Å². The Hall–Kier alpha value is -1.28. The van der Waals surface area contributed by atoms with Gasteiger partial charge in [-0.05, 0) is 54.5 Å². The highest BCUT2D eigenvalue weighted by Gasteiger charge is 2.24. The molecule has 1 N–H and O–H groups in total. The maximum Gasteiger partial charge on any atom is 0.0454 e. The van der Waals surface area contributed by atoms with Crippen LogP contribution < -0.4 is 0 Å². The molecule has 0 radical (unpaired) electrons. The van der Waals surface area contributed by atoms with Gasteiger partial charge in [-0.1, -0.05) is 26.3 Å². The summed E-state index contributed by atoms with van der Waals surface area (Å²) in [4.78, 5) is 5.96.